The molecule has 0 fully saturated rings. The van der Waals surface area contributed by atoms with Crippen LogP contribution in [-0.4, -0.2) is 15.1 Å². The first-order valence-electron chi connectivity index (χ1n) is 4.10. The number of nitrogens with one attached hydrogen (secondary N) is 1. The van der Waals surface area contributed by atoms with Crippen molar-refractivity contribution in [2.45, 2.75) is 13.0 Å². The highest BCUT2D eigenvalue weighted by molar-refractivity contribution is 5.75. The molecule has 74 valence electrons. The van der Waals surface area contributed by atoms with E-state index in [4.69, 9.17) is 0 Å². The van der Waals surface area contributed by atoms with Gasteiger partial charge in [-0.25, -0.2) is 13.8 Å². The minimum absolute atomic E-state index is 0.296. The van der Waals surface area contributed by atoms with Crippen molar-refractivity contribution in [2.75, 3.05) is 0 Å². The summed E-state index contributed by atoms with van der Waals surface area (Å²) in [6.07, 6.45) is -0.784. The Bertz CT molecular complexity index is 440. The van der Waals surface area contributed by atoms with Crippen molar-refractivity contribution in [3.63, 3.8) is 0 Å². The average Bonchev–Trinajstić information content (AvgIpc) is 2.48. The van der Waals surface area contributed by atoms with Crippen molar-refractivity contribution in [1.29, 1.82) is 0 Å². The molecule has 14 heavy (non-hydrogen) atoms. The molecule has 5 heteroatoms. The summed E-state index contributed by atoms with van der Waals surface area (Å²) in [5, 5.41) is 9.18. The van der Waals surface area contributed by atoms with E-state index in [9.17, 15) is 13.9 Å². The van der Waals surface area contributed by atoms with Gasteiger partial charge >= 0.3 is 0 Å². The summed E-state index contributed by atoms with van der Waals surface area (Å²) >= 11 is 0. The molecular formula is C9H8F2N2O. The lowest BCUT2D eigenvalue weighted by atomic mass is 10.3. The first-order chi connectivity index (χ1) is 6.58. The number of hydrogen-bond donors (Lipinski definition) is 2. The predicted octanol–water partition coefficient (Wildman–Crippen LogP) is 1.89. The van der Waals surface area contributed by atoms with E-state index in [0.717, 1.165) is 12.1 Å². The number of benzene rings is 1. The maximum atomic E-state index is 12.8. The molecule has 0 amide bonds. The minimum Gasteiger partial charge on any atom is -0.385 e. The molecule has 3 nitrogen and oxygen atoms in total. The molecule has 0 aliphatic heterocycles. The van der Waals surface area contributed by atoms with E-state index in [1.807, 2.05) is 0 Å². The third kappa shape index (κ3) is 1.35. The zero-order chi connectivity index (χ0) is 10.3. The third-order valence-electron chi connectivity index (χ3n) is 1.94. The third-order valence-corrected chi connectivity index (χ3v) is 1.94. The number of hydrogen-bond acceptors (Lipinski definition) is 2. The number of halogens is 2. The van der Waals surface area contributed by atoms with Gasteiger partial charge in [0.15, 0.2) is 11.6 Å². The molecule has 2 rings (SSSR count). The summed E-state index contributed by atoms with van der Waals surface area (Å²) in [4.78, 5) is 6.60. The Hall–Kier alpha value is -1.49. The number of aliphatic hydroxyl groups is 1. The molecule has 1 atom stereocenters. The maximum Gasteiger partial charge on any atom is 0.161 e. The highest BCUT2D eigenvalue weighted by atomic mass is 19.2. The van der Waals surface area contributed by atoms with Crippen LogP contribution in [-0.2, 0) is 0 Å². The summed E-state index contributed by atoms with van der Waals surface area (Å²) < 4.78 is 25.5. The molecule has 0 saturated carbocycles. The molecule has 0 bridgehead atoms. The van der Waals surface area contributed by atoms with E-state index >= 15 is 0 Å². The first kappa shape index (κ1) is 9.08. The average molecular weight is 198 g/mol. The number of nitrogens with zero attached hydrogens (tertiary/aromatic N) is 1. The summed E-state index contributed by atoms with van der Waals surface area (Å²) in [6, 6.07) is 2.01. The van der Waals surface area contributed by atoms with Crippen LogP contribution in [0.3, 0.4) is 0 Å². The van der Waals surface area contributed by atoms with Gasteiger partial charge in [-0.15, -0.1) is 0 Å². The number of aromatic nitrogens is 2. The van der Waals surface area contributed by atoms with Gasteiger partial charge in [-0.2, -0.15) is 0 Å². The molecule has 1 aromatic heterocycles. The Morgan fingerprint density at radius 1 is 1.36 bits per heavy atom. The van der Waals surface area contributed by atoms with Crippen molar-refractivity contribution in [3.8, 4) is 0 Å². The second kappa shape index (κ2) is 3.02. The van der Waals surface area contributed by atoms with Gasteiger partial charge in [0.25, 0.3) is 0 Å². The van der Waals surface area contributed by atoms with Crippen LogP contribution in [0.1, 0.15) is 18.9 Å². The molecule has 0 saturated heterocycles. The maximum absolute atomic E-state index is 12.8. The zero-order valence-corrected chi connectivity index (χ0v) is 7.38. The largest absolute Gasteiger partial charge is 0.385 e. The molecule has 2 N–H and O–H groups in total. The highest BCUT2D eigenvalue weighted by Gasteiger charge is 2.10. The van der Waals surface area contributed by atoms with Gasteiger partial charge in [0, 0.05) is 12.1 Å². The zero-order valence-electron chi connectivity index (χ0n) is 7.38. The molecule has 0 spiro atoms. The molecular weight excluding hydrogens is 190 g/mol. The van der Waals surface area contributed by atoms with Crippen molar-refractivity contribution in [3.05, 3.63) is 29.6 Å². The van der Waals surface area contributed by atoms with Crippen LogP contribution >= 0.6 is 0 Å². The minimum atomic E-state index is -0.943. The lowest BCUT2D eigenvalue weighted by Crippen LogP contribution is -1.92. The normalized spacial score (nSPS) is 13.4. The SMILES string of the molecule is CC(O)c1nc2cc(F)c(F)cc2[nH]1. The van der Waals surface area contributed by atoms with Gasteiger partial charge in [-0.3, -0.25) is 0 Å². The van der Waals surface area contributed by atoms with Gasteiger partial charge in [-0.05, 0) is 6.92 Å². The highest BCUT2D eigenvalue weighted by Crippen LogP contribution is 2.18. The van der Waals surface area contributed by atoms with Gasteiger partial charge in [0.05, 0.1) is 11.0 Å². The van der Waals surface area contributed by atoms with Gasteiger partial charge in [0.1, 0.15) is 11.9 Å². The molecule has 0 aliphatic carbocycles. The van der Waals surface area contributed by atoms with E-state index in [-0.39, 0.29) is 0 Å². The van der Waals surface area contributed by atoms with Crippen molar-refractivity contribution in [2.24, 2.45) is 0 Å². The van der Waals surface area contributed by atoms with Gasteiger partial charge < -0.3 is 10.1 Å². The van der Waals surface area contributed by atoms with Gasteiger partial charge in [0.2, 0.25) is 0 Å². The number of imidazole rings is 1. The van der Waals surface area contributed by atoms with Crippen LogP contribution in [0.15, 0.2) is 12.1 Å². The second-order valence-corrected chi connectivity index (χ2v) is 3.08. The number of H-pyrrole nitrogens is 1. The van der Waals surface area contributed by atoms with Crippen molar-refractivity contribution >= 4 is 11.0 Å². The lowest BCUT2D eigenvalue weighted by molar-refractivity contribution is 0.190. The summed E-state index contributed by atoms with van der Waals surface area (Å²) in [5.74, 6) is -1.58. The van der Waals surface area contributed by atoms with Crippen molar-refractivity contribution in [1.82, 2.24) is 9.97 Å². The van der Waals surface area contributed by atoms with E-state index < -0.39 is 17.7 Å². The van der Waals surface area contributed by atoms with Crippen LogP contribution in [0.5, 0.6) is 0 Å². The summed E-state index contributed by atoms with van der Waals surface area (Å²) in [7, 11) is 0. The molecule has 1 aromatic carbocycles. The Labute approximate surface area is 78.4 Å². The van der Waals surface area contributed by atoms with Crippen LogP contribution < -0.4 is 0 Å². The van der Waals surface area contributed by atoms with E-state index in [1.54, 1.807) is 0 Å². The Balaban J connectivity index is 2.66. The van der Waals surface area contributed by atoms with Crippen LogP contribution in [0.25, 0.3) is 11.0 Å². The van der Waals surface area contributed by atoms with Gasteiger partial charge in [-0.1, -0.05) is 0 Å². The Morgan fingerprint density at radius 2 is 2.00 bits per heavy atom. The van der Waals surface area contributed by atoms with Crippen LogP contribution in [0.2, 0.25) is 0 Å². The van der Waals surface area contributed by atoms with Crippen molar-refractivity contribution < 1.29 is 13.9 Å². The lowest BCUT2D eigenvalue weighted by Gasteiger charge is -1.95. The standard InChI is InChI=1S/C9H8F2N2O/c1-4(14)9-12-7-2-5(10)6(11)3-8(7)13-9/h2-4,14H,1H3,(H,12,13). The van der Waals surface area contributed by atoms with Crippen LogP contribution in [0.4, 0.5) is 8.78 Å². The summed E-state index contributed by atoms with van der Waals surface area (Å²) in [5.41, 5.74) is 0.680. The van der Waals surface area contributed by atoms with E-state index in [0.29, 0.717) is 16.9 Å². The number of aromatic amines is 1. The fourth-order valence-electron chi connectivity index (χ4n) is 1.22. The number of aliphatic hydroxyl groups excluding tert-OH is 1. The molecule has 1 heterocycles. The Kier molecular flexibility index (Phi) is 1.96. The molecule has 0 radical (unpaired) electrons. The summed E-state index contributed by atoms with van der Waals surface area (Å²) in [6.45, 7) is 1.52. The molecule has 0 aliphatic rings. The monoisotopic (exact) mass is 198 g/mol. The number of rotatable bonds is 1. The molecule has 1 unspecified atom stereocenters. The Morgan fingerprint density at radius 3 is 2.64 bits per heavy atom. The predicted molar refractivity (Wildman–Crippen MR) is 46.6 cm³/mol. The van der Waals surface area contributed by atoms with E-state index in [2.05, 4.69) is 9.97 Å². The topological polar surface area (TPSA) is 48.9 Å². The smallest absolute Gasteiger partial charge is 0.161 e. The quantitative estimate of drug-likeness (QED) is 0.735. The van der Waals surface area contributed by atoms with E-state index in [1.165, 1.54) is 6.92 Å². The first-order valence-corrected chi connectivity index (χ1v) is 4.10. The van der Waals surface area contributed by atoms with Crippen LogP contribution in [0, 0.1) is 11.6 Å². The fourth-order valence-corrected chi connectivity index (χ4v) is 1.22. The second-order valence-electron chi connectivity index (χ2n) is 3.08. The number of fused-ring (bicyclic) bond motifs is 1. The fraction of sp³-hybridized carbons (Fsp3) is 0.222. The molecule has 2 aromatic rings.